The van der Waals surface area contributed by atoms with Crippen LogP contribution in [0.3, 0.4) is 0 Å². The lowest BCUT2D eigenvalue weighted by atomic mass is 10.1. The Morgan fingerprint density at radius 3 is 2.18 bits per heavy atom. The van der Waals surface area contributed by atoms with Crippen molar-refractivity contribution in [2.24, 2.45) is 0 Å². The summed E-state index contributed by atoms with van der Waals surface area (Å²) in [5.74, 6) is -1.22. The summed E-state index contributed by atoms with van der Waals surface area (Å²) in [4.78, 5) is 49.6. The number of ether oxygens (including phenoxy) is 3. The summed E-state index contributed by atoms with van der Waals surface area (Å²) in [7, 11) is 2.61. The van der Waals surface area contributed by atoms with Crippen molar-refractivity contribution in [3.05, 3.63) is 29.3 Å². The predicted molar refractivity (Wildman–Crippen MR) is 98.7 cm³/mol. The molecule has 4 amide bonds. The molecule has 0 aliphatic carbocycles. The van der Waals surface area contributed by atoms with Crippen LogP contribution >= 0.6 is 0 Å². The van der Waals surface area contributed by atoms with E-state index in [0.717, 1.165) is 9.80 Å². The summed E-state index contributed by atoms with van der Waals surface area (Å²) in [5.41, 5.74) is 0.354. The van der Waals surface area contributed by atoms with Crippen LogP contribution in [0.15, 0.2) is 23.8 Å². The van der Waals surface area contributed by atoms with Gasteiger partial charge in [-0.1, -0.05) is 6.07 Å². The Morgan fingerprint density at radius 1 is 0.964 bits per heavy atom. The Morgan fingerprint density at radius 2 is 1.61 bits per heavy atom. The number of imide groups is 2. The van der Waals surface area contributed by atoms with Gasteiger partial charge in [0.1, 0.15) is 5.57 Å². The van der Waals surface area contributed by atoms with E-state index in [1.54, 1.807) is 32.0 Å². The molecule has 1 saturated heterocycles. The topological polar surface area (TPSA) is 102 Å². The second-order valence-corrected chi connectivity index (χ2v) is 5.80. The molecule has 9 heteroatoms. The van der Waals surface area contributed by atoms with E-state index in [0.29, 0.717) is 23.7 Å². The number of esters is 1. The molecule has 0 bridgehead atoms. The van der Waals surface area contributed by atoms with E-state index in [9.17, 15) is 19.2 Å². The number of rotatable bonds is 7. The lowest BCUT2D eigenvalue weighted by Crippen LogP contribution is -2.52. The third-order valence-electron chi connectivity index (χ3n) is 3.87. The minimum Gasteiger partial charge on any atom is -0.490 e. The number of amides is 4. The maximum Gasteiger partial charge on any atom is 0.344 e. The zero-order chi connectivity index (χ0) is 20.8. The lowest BCUT2D eigenvalue weighted by molar-refractivity contribution is -0.145. The van der Waals surface area contributed by atoms with Gasteiger partial charge in [0, 0.05) is 14.1 Å². The fraction of sp³-hybridized carbons (Fsp3) is 0.368. The van der Waals surface area contributed by atoms with Crippen LogP contribution in [0.25, 0.3) is 6.08 Å². The molecule has 1 fully saturated rings. The molecule has 0 atom stereocenters. The summed E-state index contributed by atoms with van der Waals surface area (Å²) < 4.78 is 15.8. The number of urea groups is 1. The van der Waals surface area contributed by atoms with Crippen molar-refractivity contribution < 1.29 is 33.4 Å². The summed E-state index contributed by atoms with van der Waals surface area (Å²) >= 11 is 0. The quantitative estimate of drug-likeness (QED) is 0.394. The zero-order valence-corrected chi connectivity index (χ0v) is 16.2. The third-order valence-corrected chi connectivity index (χ3v) is 3.87. The van der Waals surface area contributed by atoms with Crippen molar-refractivity contribution in [2.45, 2.75) is 13.8 Å². The number of hydrogen-bond donors (Lipinski definition) is 0. The summed E-state index contributed by atoms with van der Waals surface area (Å²) in [6.07, 6.45) is 1.38. The second-order valence-electron chi connectivity index (χ2n) is 5.80. The van der Waals surface area contributed by atoms with Crippen molar-refractivity contribution in [3.8, 4) is 11.5 Å². The molecule has 0 spiro atoms. The molecule has 1 aliphatic rings. The number of carbonyl (C=O) groups is 4. The van der Waals surface area contributed by atoms with Crippen LogP contribution in [0.1, 0.15) is 19.4 Å². The molecule has 1 aliphatic heterocycles. The minimum absolute atomic E-state index is 0.146. The van der Waals surface area contributed by atoms with E-state index in [2.05, 4.69) is 0 Å². The zero-order valence-electron chi connectivity index (χ0n) is 16.2. The third kappa shape index (κ3) is 4.48. The van der Waals surface area contributed by atoms with E-state index < -0.39 is 23.8 Å². The molecule has 1 aromatic rings. The van der Waals surface area contributed by atoms with Gasteiger partial charge in [0.05, 0.1) is 13.2 Å². The number of carbonyl (C=O) groups excluding carboxylic acids is 4. The molecule has 9 nitrogen and oxygen atoms in total. The van der Waals surface area contributed by atoms with Crippen molar-refractivity contribution in [1.29, 1.82) is 0 Å². The standard InChI is InChI=1S/C19H22N2O7/c1-5-26-15-10-12(7-8-14(15)28-11-16(22)27-6-2)9-13-17(23)20(3)19(25)21(4)18(13)24/h7-10H,5-6,11H2,1-4H3. The van der Waals surface area contributed by atoms with E-state index in [-0.39, 0.29) is 18.8 Å². The van der Waals surface area contributed by atoms with Crippen LogP contribution in [0.2, 0.25) is 0 Å². The maximum atomic E-state index is 12.3. The van der Waals surface area contributed by atoms with Crippen molar-refractivity contribution >= 4 is 29.9 Å². The number of nitrogens with zero attached hydrogens (tertiary/aromatic N) is 2. The first-order valence-corrected chi connectivity index (χ1v) is 8.67. The number of likely N-dealkylation sites (N-methyl/N-ethyl adjacent to an activating group) is 2. The number of hydrogen-bond acceptors (Lipinski definition) is 7. The van der Waals surface area contributed by atoms with Crippen LogP contribution in [0.4, 0.5) is 4.79 Å². The fourth-order valence-electron chi connectivity index (χ4n) is 2.48. The Kier molecular flexibility index (Phi) is 6.75. The van der Waals surface area contributed by atoms with Gasteiger partial charge in [-0.15, -0.1) is 0 Å². The van der Waals surface area contributed by atoms with E-state index in [1.165, 1.54) is 20.2 Å². The normalized spacial score (nSPS) is 14.3. The van der Waals surface area contributed by atoms with Crippen LogP contribution in [0.5, 0.6) is 11.5 Å². The first-order valence-electron chi connectivity index (χ1n) is 8.67. The predicted octanol–water partition coefficient (Wildman–Crippen LogP) is 1.46. The first kappa shape index (κ1) is 20.9. The van der Waals surface area contributed by atoms with Gasteiger partial charge in [0.25, 0.3) is 11.8 Å². The van der Waals surface area contributed by atoms with Gasteiger partial charge in [0.2, 0.25) is 0 Å². The monoisotopic (exact) mass is 390 g/mol. The van der Waals surface area contributed by atoms with Crippen LogP contribution in [-0.2, 0) is 19.1 Å². The smallest absolute Gasteiger partial charge is 0.344 e. The highest BCUT2D eigenvalue weighted by Gasteiger charge is 2.37. The van der Waals surface area contributed by atoms with Crippen LogP contribution < -0.4 is 9.47 Å². The largest absolute Gasteiger partial charge is 0.490 e. The lowest BCUT2D eigenvalue weighted by Gasteiger charge is -2.28. The molecule has 28 heavy (non-hydrogen) atoms. The average Bonchev–Trinajstić information content (AvgIpc) is 2.68. The van der Waals surface area contributed by atoms with Gasteiger partial charge in [0.15, 0.2) is 18.1 Å². The first-order chi connectivity index (χ1) is 13.3. The highest BCUT2D eigenvalue weighted by Crippen LogP contribution is 2.30. The molecular formula is C19H22N2O7. The molecule has 1 aromatic carbocycles. The molecule has 0 radical (unpaired) electrons. The number of barbiturate groups is 1. The molecule has 1 heterocycles. The highest BCUT2D eigenvalue weighted by atomic mass is 16.6. The van der Waals surface area contributed by atoms with Crippen LogP contribution in [-0.4, -0.2) is 67.5 Å². The van der Waals surface area contributed by atoms with Gasteiger partial charge in [-0.25, -0.2) is 9.59 Å². The maximum absolute atomic E-state index is 12.3. The van der Waals surface area contributed by atoms with Gasteiger partial charge < -0.3 is 14.2 Å². The second kappa shape index (κ2) is 9.03. The van der Waals surface area contributed by atoms with Gasteiger partial charge >= 0.3 is 12.0 Å². The van der Waals surface area contributed by atoms with Gasteiger partial charge in [-0.3, -0.25) is 19.4 Å². The summed E-state index contributed by atoms with van der Waals surface area (Å²) in [5, 5.41) is 0. The molecule has 0 unspecified atom stereocenters. The van der Waals surface area contributed by atoms with E-state index in [4.69, 9.17) is 14.2 Å². The Balaban J connectivity index is 2.31. The Labute approximate surface area is 162 Å². The average molecular weight is 390 g/mol. The van der Waals surface area contributed by atoms with Crippen LogP contribution in [0, 0.1) is 0 Å². The van der Waals surface area contributed by atoms with E-state index in [1.807, 2.05) is 0 Å². The number of benzene rings is 1. The molecule has 150 valence electrons. The minimum atomic E-state index is -0.690. The van der Waals surface area contributed by atoms with Crippen molar-refractivity contribution in [1.82, 2.24) is 9.80 Å². The molecular weight excluding hydrogens is 368 g/mol. The summed E-state index contributed by atoms with van der Waals surface area (Å²) in [6, 6.07) is 4.05. The Hall–Kier alpha value is -3.36. The molecule has 0 N–H and O–H groups in total. The molecule has 0 aromatic heterocycles. The van der Waals surface area contributed by atoms with E-state index >= 15 is 0 Å². The summed E-state index contributed by atoms with van der Waals surface area (Å²) in [6.45, 7) is 3.79. The van der Waals surface area contributed by atoms with Crippen molar-refractivity contribution in [2.75, 3.05) is 33.9 Å². The fourth-order valence-corrected chi connectivity index (χ4v) is 2.48. The highest BCUT2D eigenvalue weighted by molar-refractivity contribution is 6.30. The Bertz CT molecular complexity index is 806. The van der Waals surface area contributed by atoms with Gasteiger partial charge in [-0.05, 0) is 37.6 Å². The SMILES string of the molecule is CCOC(=O)COc1ccc(C=C2C(=O)N(C)C(=O)N(C)C2=O)cc1OCC. The molecule has 2 rings (SSSR count). The molecule has 0 saturated carbocycles. The van der Waals surface area contributed by atoms with Gasteiger partial charge in [-0.2, -0.15) is 0 Å². The van der Waals surface area contributed by atoms with Crippen molar-refractivity contribution in [3.63, 3.8) is 0 Å².